The summed E-state index contributed by atoms with van der Waals surface area (Å²) in [4.78, 5) is 14.8. The molecule has 0 aliphatic carbocycles. The quantitative estimate of drug-likeness (QED) is 0.658. The molecular weight excluding hydrogens is 402 g/mol. The molecule has 132 valence electrons. The second kappa shape index (κ2) is 7.67. The summed E-state index contributed by atoms with van der Waals surface area (Å²) >= 11 is 9.70. The Morgan fingerprint density at radius 2 is 2.12 bits per heavy atom. The number of halogens is 2. The highest BCUT2D eigenvalue weighted by molar-refractivity contribution is 9.10. The van der Waals surface area contributed by atoms with Crippen molar-refractivity contribution < 1.29 is 4.79 Å². The number of benzene rings is 2. The highest BCUT2D eigenvalue weighted by Crippen LogP contribution is 2.36. The highest BCUT2D eigenvalue weighted by Gasteiger charge is 2.22. The van der Waals surface area contributed by atoms with Crippen LogP contribution in [-0.4, -0.2) is 18.5 Å². The van der Waals surface area contributed by atoms with Crippen molar-refractivity contribution in [2.24, 2.45) is 0 Å². The van der Waals surface area contributed by atoms with Crippen LogP contribution in [0, 0.1) is 0 Å². The Morgan fingerprint density at radius 1 is 1.32 bits per heavy atom. The summed E-state index contributed by atoms with van der Waals surface area (Å²) in [5, 5.41) is 3.34. The molecule has 0 bridgehead atoms. The summed E-state index contributed by atoms with van der Waals surface area (Å²) in [6.45, 7) is 3.17. The van der Waals surface area contributed by atoms with Gasteiger partial charge in [0.05, 0.1) is 22.1 Å². The minimum absolute atomic E-state index is 0.203. The van der Waals surface area contributed by atoms with Crippen molar-refractivity contribution in [2.75, 3.05) is 22.5 Å². The van der Waals surface area contributed by atoms with Gasteiger partial charge >= 0.3 is 0 Å². The molecule has 1 unspecified atom stereocenters. The van der Waals surface area contributed by atoms with Crippen LogP contribution in [0.25, 0.3) is 0 Å². The maximum Gasteiger partial charge on any atom is 0.255 e. The smallest absolute Gasteiger partial charge is 0.255 e. The molecule has 0 saturated carbocycles. The van der Waals surface area contributed by atoms with Crippen molar-refractivity contribution in [3.05, 3.63) is 51.5 Å². The molecule has 25 heavy (non-hydrogen) atoms. The van der Waals surface area contributed by atoms with Gasteiger partial charge in [-0.2, -0.15) is 0 Å². The number of hydrogen-bond acceptors (Lipinski definition) is 3. The first-order valence-corrected chi connectivity index (χ1v) is 9.55. The number of nitrogens with two attached hydrogens (primary N) is 1. The van der Waals surface area contributed by atoms with E-state index in [1.165, 1.54) is 6.42 Å². The molecule has 1 fully saturated rings. The van der Waals surface area contributed by atoms with Gasteiger partial charge in [-0.05, 0) is 56.5 Å². The lowest BCUT2D eigenvalue weighted by molar-refractivity contribution is 0.102. The summed E-state index contributed by atoms with van der Waals surface area (Å²) in [6, 6.07) is 11.3. The van der Waals surface area contributed by atoms with Crippen molar-refractivity contribution in [3.8, 4) is 0 Å². The van der Waals surface area contributed by atoms with E-state index in [1.807, 2.05) is 18.2 Å². The van der Waals surface area contributed by atoms with Crippen LogP contribution >= 0.6 is 27.5 Å². The number of hydrogen-bond donors (Lipinski definition) is 2. The Morgan fingerprint density at radius 3 is 2.84 bits per heavy atom. The molecule has 2 aromatic rings. The molecule has 3 N–H and O–H groups in total. The van der Waals surface area contributed by atoms with Gasteiger partial charge in [0.25, 0.3) is 5.91 Å². The van der Waals surface area contributed by atoms with Crippen LogP contribution in [0.15, 0.2) is 40.9 Å². The molecule has 6 heteroatoms. The second-order valence-electron chi connectivity index (χ2n) is 6.39. The second-order valence-corrected chi connectivity index (χ2v) is 7.72. The zero-order valence-electron chi connectivity index (χ0n) is 14.1. The maximum atomic E-state index is 12.5. The van der Waals surface area contributed by atoms with E-state index >= 15 is 0 Å². The van der Waals surface area contributed by atoms with Crippen LogP contribution in [0.4, 0.5) is 17.1 Å². The van der Waals surface area contributed by atoms with Gasteiger partial charge in [-0.15, -0.1) is 0 Å². The summed E-state index contributed by atoms with van der Waals surface area (Å²) < 4.78 is 0.853. The molecule has 2 aromatic carbocycles. The Balaban J connectivity index is 1.88. The molecule has 1 aliphatic heterocycles. The van der Waals surface area contributed by atoms with Crippen molar-refractivity contribution in [2.45, 2.75) is 32.2 Å². The third kappa shape index (κ3) is 4.10. The number of nitrogens with one attached hydrogen (secondary N) is 1. The maximum absolute atomic E-state index is 12.5. The lowest BCUT2D eigenvalue weighted by Gasteiger charge is -2.36. The van der Waals surface area contributed by atoms with Gasteiger partial charge in [0.2, 0.25) is 0 Å². The molecule has 1 heterocycles. The summed E-state index contributed by atoms with van der Waals surface area (Å²) in [7, 11) is 0. The summed E-state index contributed by atoms with van der Waals surface area (Å²) in [6.07, 6.45) is 3.52. The number of rotatable bonds is 3. The first-order valence-electron chi connectivity index (χ1n) is 8.38. The van der Waals surface area contributed by atoms with Crippen LogP contribution in [0.5, 0.6) is 0 Å². The standard InChI is InChI=1S/C19H21BrClN3O/c1-12-5-2-3-8-24(12)18-11-17(15(21)10-16(18)22)23-19(25)13-6-4-7-14(20)9-13/h4,6-7,9-12H,2-3,5,8,22H2,1H3,(H,23,25). The zero-order valence-corrected chi connectivity index (χ0v) is 16.4. The van der Waals surface area contributed by atoms with Crippen LogP contribution in [-0.2, 0) is 0 Å². The number of amides is 1. The summed E-state index contributed by atoms with van der Waals surface area (Å²) in [5.74, 6) is -0.203. The molecule has 1 amide bonds. The Bertz CT molecular complexity index is 796. The fraction of sp³-hybridized carbons (Fsp3) is 0.316. The number of anilines is 3. The number of nitrogen functional groups attached to an aromatic ring is 1. The van der Waals surface area contributed by atoms with Crippen molar-refractivity contribution >= 4 is 50.5 Å². The van der Waals surface area contributed by atoms with E-state index in [4.69, 9.17) is 17.3 Å². The van der Waals surface area contributed by atoms with E-state index in [2.05, 4.69) is 33.1 Å². The normalized spacial score (nSPS) is 17.4. The van der Waals surface area contributed by atoms with Gasteiger partial charge in [0.1, 0.15) is 0 Å². The van der Waals surface area contributed by atoms with Crippen molar-refractivity contribution in [1.82, 2.24) is 0 Å². The number of carbonyl (C=O) groups is 1. The van der Waals surface area contributed by atoms with E-state index in [0.717, 1.165) is 29.5 Å². The molecule has 1 aliphatic rings. The minimum atomic E-state index is -0.203. The monoisotopic (exact) mass is 421 g/mol. The van der Waals surface area contributed by atoms with E-state index in [0.29, 0.717) is 28.0 Å². The predicted molar refractivity (Wildman–Crippen MR) is 109 cm³/mol. The SMILES string of the molecule is CC1CCCCN1c1cc(NC(=O)c2cccc(Br)c2)c(Cl)cc1N. The van der Waals surface area contributed by atoms with Crippen molar-refractivity contribution in [1.29, 1.82) is 0 Å². The zero-order chi connectivity index (χ0) is 18.0. The van der Waals surface area contributed by atoms with E-state index < -0.39 is 0 Å². The molecule has 1 atom stereocenters. The Labute approximate surface area is 161 Å². The lowest BCUT2D eigenvalue weighted by Crippen LogP contribution is -2.37. The van der Waals surface area contributed by atoms with E-state index in [9.17, 15) is 4.79 Å². The van der Waals surface area contributed by atoms with E-state index in [1.54, 1.807) is 18.2 Å². The third-order valence-corrected chi connectivity index (χ3v) is 5.37. The number of nitrogens with zero attached hydrogens (tertiary/aromatic N) is 1. The fourth-order valence-corrected chi connectivity index (χ4v) is 3.82. The molecule has 0 spiro atoms. The van der Waals surface area contributed by atoms with Crippen LogP contribution in [0.1, 0.15) is 36.5 Å². The molecule has 4 nitrogen and oxygen atoms in total. The summed E-state index contributed by atoms with van der Waals surface area (Å²) in [5.41, 5.74) is 8.91. The average Bonchev–Trinajstić information content (AvgIpc) is 2.58. The fourth-order valence-electron chi connectivity index (χ4n) is 3.20. The highest BCUT2D eigenvalue weighted by atomic mass is 79.9. The van der Waals surface area contributed by atoms with Gasteiger partial charge in [0, 0.05) is 22.6 Å². The van der Waals surface area contributed by atoms with Gasteiger partial charge in [-0.25, -0.2) is 0 Å². The topological polar surface area (TPSA) is 58.4 Å². The first-order chi connectivity index (χ1) is 12.0. The number of carbonyl (C=O) groups excluding carboxylic acids is 1. The predicted octanol–water partition coefficient (Wildman–Crippen LogP) is 5.32. The Hall–Kier alpha value is -1.72. The minimum Gasteiger partial charge on any atom is -0.397 e. The molecule has 0 aromatic heterocycles. The van der Waals surface area contributed by atoms with Crippen LogP contribution in [0.2, 0.25) is 5.02 Å². The number of piperidine rings is 1. The molecular formula is C19H21BrClN3O. The third-order valence-electron chi connectivity index (χ3n) is 4.56. The van der Waals surface area contributed by atoms with Gasteiger partial charge < -0.3 is 16.0 Å². The molecule has 0 radical (unpaired) electrons. The molecule has 3 rings (SSSR count). The average molecular weight is 423 g/mol. The van der Waals surface area contributed by atoms with Gasteiger partial charge in [-0.1, -0.05) is 33.6 Å². The van der Waals surface area contributed by atoms with E-state index in [-0.39, 0.29) is 5.91 Å². The molecule has 1 saturated heterocycles. The van der Waals surface area contributed by atoms with Crippen molar-refractivity contribution in [3.63, 3.8) is 0 Å². The first kappa shape index (κ1) is 18.1. The van der Waals surface area contributed by atoms with Gasteiger partial charge in [0.15, 0.2) is 0 Å². The largest absolute Gasteiger partial charge is 0.397 e. The lowest BCUT2D eigenvalue weighted by atomic mass is 10.0. The van der Waals surface area contributed by atoms with Crippen LogP contribution in [0.3, 0.4) is 0 Å². The van der Waals surface area contributed by atoms with Crippen LogP contribution < -0.4 is 16.0 Å². The van der Waals surface area contributed by atoms with Gasteiger partial charge in [-0.3, -0.25) is 4.79 Å². The Kier molecular flexibility index (Phi) is 5.54.